The monoisotopic (exact) mass is 364 g/mol. The van der Waals surface area contributed by atoms with Crippen molar-refractivity contribution in [3.8, 4) is 0 Å². The first kappa shape index (κ1) is 22.3. The summed E-state index contributed by atoms with van der Waals surface area (Å²) in [7, 11) is 0. The average molecular weight is 365 g/mol. The third-order valence-corrected chi connectivity index (χ3v) is 7.26. The second kappa shape index (κ2) is 14.0. The number of hydrogen-bond acceptors (Lipinski definition) is 1. The Bertz CT molecular complexity index is 310. The molecule has 0 atom stereocenters. The standard InChI is InChI=1S/C25H48O/c1-3-5-7-8-10-12-23-17-19-25(20-18-23)26-21-24-15-13-22(14-16-24)11-9-6-4-2/h22-25H,3-21H2,1-2H3/t22-,23-,24-,25-. The van der Waals surface area contributed by atoms with E-state index in [2.05, 4.69) is 13.8 Å². The van der Waals surface area contributed by atoms with Gasteiger partial charge in [-0.05, 0) is 56.3 Å². The molecular weight excluding hydrogens is 316 g/mol. The van der Waals surface area contributed by atoms with Gasteiger partial charge in [0.15, 0.2) is 0 Å². The maximum atomic E-state index is 6.36. The summed E-state index contributed by atoms with van der Waals surface area (Å²) in [5, 5.41) is 0. The molecule has 0 aliphatic heterocycles. The zero-order valence-corrected chi connectivity index (χ0v) is 18.2. The summed E-state index contributed by atoms with van der Waals surface area (Å²) < 4.78 is 6.36. The third-order valence-electron chi connectivity index (χ3n) is 7.26. The molecule has 0 aromatic rings. The van der Waals surface area contributed by atoms with Gasteiger partial charge in [0, 0.05) is 6.61 Å². The van der Waals surface area contributed by atoms with Gasteiger partial charge >= 0.3 is 0 Å². The van der Waals surface area contributed by atoms with Crippen LogP contribution in [0.1, 0.15) is 129 Å². The van der Waals surface area contributed by atoms with Crippen molar-refractivity contribution in [1.82, 2.24) is 0 Å². The highest BCUT2D eigenvalue weighted by molar-refractivity contribution is 4.76. The molecule has 2 aliphatic rings. The molecule has 0 N–H and O–H groups in total. The Labute approximate surface area is 165 Å². The van der Waals surface area contributed by atoms with Crippen molar-refractivity contribution >= 4 is 0 Å². The molecule has 0 amide bonds. The van der Waals surface area contributed by atoms with Gasteiger partial charge in [0.2, 0.25) is 0 Å². The summed E-state index contributed by atoms with van der Waals surface area (Å²) in [6.07, 6.45) is 26.4. The lowest BCUT2D eigenvalue weighted by Gasteiger charge is -2.32. The van der Waals surface area contributed by atoms with Crippen LogP contribution in [0.15, 0.2) is 0 Å². The van der Waals surface area contributed by atoms with Crippen LogP contribution in [0.5, 0.6) is 0 Å². The van der Waals surface area contributed by atoms with Crippen molar-refractivity contribution in [3.63, 3.8) is 0 Å². The quantitative estimate of drug-likeness (QED) is 0.298. The summed E-state index contributed by atoms with van der Waals surface area (Å²) in [6.45, 7) is 5.68. The molecule has 0 saturated heterocycles. The Morgan fingerprint density at radius 1 is 0.538 bits per heavy atom. The van der Waals surface area contributed by atoms with Crippen LogP contribution in [-0.4, -0.2) is 12.7 Å². The molecule has 1 heteroatoms. The van der Waals surface area contributed by atoms with E-state index < -0.39 is 0 Å². The van der Waals surface area contributed by atoms with Crippen LogP contribution in [0, 0.1) is 17.8 Å². The number of hydrogen-bond donors (Lipinski definition) is 0. The molecule has 0 radical (unpaired) electrons. The molecule has 0 aromatic heterocycles. The van der Waals surface area contributed by atoms with Crippen LogP contribution in [0.4, 0.5) is 0 Å². The van der Waals surface area contributed by atoms with Gasteiger partial charge in [0.25, 0.3) is 0 Å². The predicted molar refractivity (Wildman–Crippen MR) is 115 cm³/mol. The van der Waals surface area contributed by atoms with Crippen LogP contribution in [0.25, 0.3) is 0 Å². The molecule has 26 heavy (non-hydrogen) atoms. The molecule has 2 fully saturated rings. The van der Waals surface area contributed by atoms with E-state index in [9.17, 15) is 0 Å². The van der Waals surface area contributed by atoms with Crippen molar-refractivity contribution in [2.45, 2.75) is 136 Å². The van der Waals surface area contributed by atoms with Crippen molar-refractivity contribution in [2.24, 2.45) is 17.8 Å². The van der Waals surface area contributed by atoms with E-state index in [0.29, 0.717) is 6.10 Å². The maximum Gasteiger partial charge on any atom is 0.0575 e. The van der Waals surface area contributed by atoms with Crippen molar-refractivity contribution < 1.29 is 4.74 Å². The average Bonchev–Trinajstić information content (AvgIpc) is 2.68. The molecule has 1 nitrogen and oxygen atoms in total. The Morgan fingerprint density at radius 3 is 1.62 bits per heavy atom. The zero-order valence-electron chi connectivity index (χ0n) is 18.2. The SMILES string of the molecule is CCCCCCC[C@H]1CC[C@H](OC[C@H]2CC[C@H](CCCCC)CC2)CC1. The van der Waals surface area contributed by atoms with Crippen LogP contribution in [-0.2, 0) is 4.74 Å². The molecule has 2 rings (SSSR count). The minimum atomic E-state index is 0.591. The molecule has 0 bridgehead atoms. The fourth-order valence-corrected chi connectivity index (χ4v) is 5.27. The smallest absolute Gasteiger partial charge is 0.0575 e. The van der Waals surface area contributed by atoms with Gasteiger partial charge < -0.3 is 4.74 Å². The first-order valence-corrected chi connectivity index (χ1v) is 12.4. The largest absolute Gasteiger partial charge is 0.378 e. The van der Waals surface area contributed by atoms with Crippen molar-refractivity contribution in [2.75, 3.05) is 6.61 Å². The molecule has 0 unspecified atom stereocenters. The molecule has 154 valence electrons. The van der Waals surface area contributed by atoms with Gasteiger partial charge in [0.1, 0.15) is 0 Å². The highest BCUT2D eigenvalue weighted by Crippen LogP contribution is 2.34. The Kier molecular flexibility index (Phi) is 12.0. The van der Waals surface area contributed by atoms with Gasteiger partial charge in [-0.2, -0.15) is 0 Å². The van der Waals surface area contributed by atoms with E-state index in [1.54, 1.807) is 0 Å². The Balaban J connectivity index is 1.46. The predicted octanol–water partition coefficient (Wildman–Crippen LogP) is 8.31. The number of ether oxygens (including phenoxy) is 1. The van der Waals surface area contributed by atoms with Gasteiger partial charge in [-0.15, -0.1) is 0 Å². The van der Waals surface area contributed by atoms with E-state index in [1.807, 2.05) is 0 Å². The van der Waals surface area contributed by atoms with E-state index in [4.69, 9.17) is 4.74 Å². The second-order valence-corrected chi connectivity index (χ2v) is 9.56. The lowest BCUT2D eigenvalue weighted by Crippen LogP contribution is -2.26. The Morgan fingerprint density at radius 2 is 1.00 bits per heavy atom. The normalized spacial score (nSPS) is 29.8. The molecule has 0 aromatic carbocycles. The molecule has 2 aliphatic carbocycles. The lowest BCUT2D eigenvalue weighted by molar-refractivity contribution is -0.0104. The summed E-state index contributed by atoms with van der Waals surface area (Å²) in [5.41, 5.74) is 0. The first-order valence-electron chi connectivity index (χ1n) is 12.4. The van der Waals surface area contributed by atoms with Crippen LogP contribution in [0.2, 0.25) is 0 Å². The highest BCUT2D eigenvalue weighted by atomic mass is 16.5. The zero-order chi connectivity index (χ0) is 18.5. The molecular formula is C25H48O. The topological polar surface area (TPSA) is 9.23 Å². The van der Waals surface area contributed by atoms with Crippen LogP contribution in [0.3, 0.4) is 0 Å². The maximum absolute atomic E-state index is 6.36. The first-order chi connectivity index (χ1) is 12.8. The number of unbranched alkanes of at least 4 members (excludes halogenated alkanes) is 6. The summed E-state index contributed by atoms with van der Waals surface area (Å²) >= 11 is 0. The summed E-state index contributed by atoms with van der Waals surface area (Å²) in [6, 6.07) is 0. The van der Waals surface area contributed by atoms with Gasteiger partial charge in [-0.1, -0.05) is 90.9 Å². The van der Waals surface area contributed by atoms with Gasteiger partial charge in [-0.25, -0.2) is 0 Å². The highest BCUT2D eigenvalue weighted by Gasteiger charge is 2.24. The fourth-order valence-electron chi connectivity index (χ4n) is 5.27. The molecule has 2 saturated carbocycles. The van der Waals surface area contributed by atoms with Crippen molar-refractivity contribution in [3.05, 3.63) is 0 Å². The molecule has 0 spiro atoms. The van der Waals surface area contributed by atoms with Crippen LogP contribution >= 0.6 is 0 Å². The van der Waals surface area contributed by atoms with E-state index in [1.165, 1.54) is 116 Å². The minimum Gasteiger partial charge on any atom is -0.378 e. The minimum absolute atomic E-state index is 0.591. The van der Waals surface area contributed by atoms with E-state index >= 15 is 0 Å². The van der Waals surface area contributed by atoms with Crippen molar-refractivity contribution in [1.29, 1.82) is 0 Å². The summed E-state index contributed by atoms with van der Waals surface area (Å²) in [5.74, 6) is 2.91. The second-order valence-electron chi connectivity index (χ2n) is 9.56. The summed E-state index contributed by atoms with van der Waals surface area (Å²) in [4.78, 5) is 0. The molecule has 0 heterocycles. The van der Waals surface area contributed by atoms with Gasteiger partial charge in [0.05, 0.1) is 6.10 Å². The van der Waals surface area contributed by atoms with Gasteiger partial charge in [-0.3, -0.25) is 0 Å². The van der Waals surface area contributed by atoms with Crippen LogP contribution < -0.4 is 0 Å². The number of rotatable bonds is 13. The van der Waals surface area contributed by atoms with E-state index in [0.717, 1.165) is 24.4 Å². The fraction of sp³-hybridized carbons (Fsp3) is 1.00. The third kappa shape index (κ3) is 9.25. The lowest BCUT2D eigenvalue weighted by atomic mass is 9.80. The van der Waals surface area contributed by atoms with E-state index in [-0.39, 0.29) is 0 Å². The Hall–Kier alpha value is -0.0400.